The van der Waals surface area contributed by atoms with Gasteiger partial charge < -0.3 is 11.2 Å². The first kappa shape index (κ1) is 19.8. The molecule has 10 heteroatoms. The third-order valence-corrected chi connectivity index (χ3v) is 5.72. The molecule has 0 bridgehead atoms. The van der Waals surface area contributed by atoms with Crippen LogP contribution in [-0.4, -0.2) is 26.5 Å². The van der Waals surface area contributed by atoms with E-state index in [9.17, 15) is 4.79 Å². The normalized spacial score (nSPS) is 10.8. The maximum atomic E-state index is 12.1. The number of aryl methyl sites for hydroxylation is 1. The zero-order valence-electron chi connectivity index (χ0n) is 14.0. The van der Waals surface area contributed by atoms with Crippen molar-refractivity contribution in [2.45, 2.75) is 12.1 Å². The van der Waals surface area contributed by atoms with E-state index in [1.54, 1.807) is 30.3 Å². The number of carbonyl (C=O) groups excluding carboxylic acids is 1. The lowest BCUT2D eigenvalue weighted by molar-refractivity contribution is -0.113. The van der Waals surface area contributed by atoms with Crippen LogP contribution in [0.15, 0.2) is 41.6 Å². The number of nitrogens with one attached hydrogen (secondary N) is 1. The van der Waals surface area contributed by atoms with Gasteiger partial charge in [0.1, 0.15) is 0 Å². The zero-order chi connectivity index (χ0) is 19.6. The van der Waals surface area contributed by atoms with Crippen molar-refractivity contribution in [1.82, 2.24) is 14.9 Å². The van der Waals surface area contributed by atoms with E-state index in [0.717, 1.165) is 17.3 Å². The van der Waals surface area contributed by atoms with Crippen LogP contribution in [0.4, 0.5) is 5.69 Å². The Morgan fingerprint density at radius 3 is 2.59 bits per heavy atom. The van der Waals surface area contributed by atoms with Crippen LogP contribution in [0.2, 0.25) is 15.1 Å². The summed E-state index contributed by atoms with van der Waals surface area (Å²) in [5.74, 6) is 6.37. The summed E-state index contributed by atoms with van der Waals surface area (Å²) in [7, 11) is 0. The summed E-state index contributed by atoms with van der Waals surface area (Å²) in [5, 5.41) is 12.7. The van der Waals surface area contributed by atoms with E-state index in [2.05, 4.69) is 15.5 Å². The van der Waals surface area contributed by atoms with Crippen molar-refractivity contribution >= 4 is 58.2 Å². The molecule has 0 unspecified atom stereocenters. The van der Waals surface area contributed by atoms with Gasteiger partial charge in [0.2, 0.25) is 11.1 Å². The summed E-state index contributed by atoms with van der Waals surface area (Å²) in [6.07, 6.45) is 0. The number of hydrogen-bond acceptors (Lipinski definition) is 5. The van der Waals surface area contributed by atoms with Gasteiger partial charge in [-0.05, 0) is 42.8 Å². The number of hydrogen-bond donors (Lipinski definition) is 2. The van der Waals surface area contributed by atoms with Crippen LogP contribution < -0.4 is 11.2 Å². The number of rotatable bonds is 5. The highest BCUT2D eigenvalue weighted by molar-refractivity contribution is 7.99. The molecule has 0 saturated carbocycles. The molecule has 3 aromatic rings. The monoisotopic (exact) mass is 441 g/mol. The Morgan fingerprint density at radius 2 is 1.89 bits per heavy atom. The van der Waals surface area contributed by atoms with Gasteiger partial charge in [0.15, 0.2) is 5.82 Å². The standard InChI is InChI=1S/C17H14Cl3N5OS/c1-9-2-4-11(7-13(9)19)22-15(26)8-27-17-24-23-16(25(17)21)10-3-5-12(18)14(20)6-10/h2-7H,8,21H2,1H3,(H,22,26). The first-order valence-electron chi connectivity index (χ1n) is 7.70. The van der Waals surface area contributed by atoms with Crippen LogP contribution in [0, 0.1) is 6.92 Å². The molecular weight excluding hydrogens is 429 g/mol. The summed E-state index contributed by atoms with van der Waals surface area (Å²) < 4.78 is 1.31. The zero-order valence-corrected chi connectivity index (χ0v) is 17.1. The maximum absolute atomic E-state index is 12.1. The average molecular weight is 443 g/mol. The second-order valence-corrected chi connectivity index (χ2v) is 7.77. The number of benzene rings is 2. The molecule has 2 aromatic carbocycles. The maximum Gasteiger partial charge on any atom is 0.234 e. The predicted molar refractivity (Wildman–Crippen MR) is 111 cm³/mol. The molecular formula is C17H14Cl3N5OS. The highest BCUT2D eigenvalue weighted by Gasteiger charge is 2.15. The minimum atomic E-state index is -0.209. The highest BCUT2D eigenvalue weighted by atomic mass is 35.5. The number of thioether (sulfide) groups is 1. The molecule has 0 radical (unpaired) electrons. The summed E-state index contributed by atoms with van der Waals surface area (Å²) in [6, 6.07) is 10.4. The fourth-order valence-corrected chi connectivity index (χ4v) is 3.34. The van der Waals surface area contributed by atoms with Gasteiger partial charge in [0.05, 0.1) is 15.8 Å². The fraction of sp³-hybridized carbons (Fsp3) is 0.118. The molecule has 3 rings (SSSR count). The van der Waals surface area contributed by atoms with Gasteiger partial charge in [0.25, 0.3) is 0 Å². The lowest BCUT2D eigenvalue weighted by Crippen LogP contribution is -2.16. The number of nitrogens with zero attached hydrogens (tertiary/aromatic N) is 3. The van der Waals surface area contributed by atoms with Gasteiger partial charge in [-0.2, -0.15) is 0 Å². The van der Waals surface area contributed by atoms with E-state index >= 15 is 0 Å². The SMILES string of the molecule is Cc1ccc(NC(=O)CSc2nnc(-c3ccc(Cl)c(Cl)c3)n2N)cc1Cl. The molecule has 0 saturated heterocycles. The topological polar surface area (TPSA) is 85.8 Å². The Kier molecular flexibility index (Phi) is 6.16. The summed E-state index contributed by atoms with van der Waals surface area (Å²) in [5.41, 5.74) is 2.24. The molecule has 6 nitrogen and oxygen atoms in total. The van der Waals surface area contributed by atoms with E-state index in [1.807, 2.05) is 13.0 Å². The minimum Gasteiger partial charge on any atom is -0.335 e. The summed E-state index contributed by atoms with van der Waals surface area (Å²) in [6.45, 7) is 1.89. The third kappa shape index (κ3) is 4.68. The molecule has 140 valence electrons. The van der Waals surface area contributed by atoms with Crippen molar-refractivity contribution in [2.75, 3.05) is 16.9 Å². The van der Waals surface area contributed by atoms with Gasteiger partial charge in [-0.3, -0.25) is 4.79 Å². The van der Waals surface area contributed by atoms with Crippen molar-refractivity contribution in [3.05, 3.63) is 57.0 Å². The van der Waals surface area contributed by atoms with Crippen molar-refractivity contribution in [2.24, 2.45) is 0 Å². The van der Waals surface area contributed by atoms with E-state index in [-0.39, 0.29) is 11.7 Å². The van der Waals surface area contributed by atoms with Gasteiger partial charge >= 0.3 is 0 Å². The largest absolute Gasteiger partial charge is 0.335 e. The first-order valence-corrected chi connectivity index (χ1v) is 9.82. The third-order valence-electron chi connectivity index (χ3n) is 3.63. The number of amides is 1. The molecule has 1 amide bonds. The second kappa shape index (κ2) is 8.39. The second-order valence-electron chi connectivity index (χ2n) is 5.61. The number of carbonyl (C=O) groups is 1. The molecule has 27 heavy (non-hydrogen) atoms. The Bertz CT molecular complexity index is 1010. The van der Waals surface area contributed by atoms with Gasteiger partial charge in [0, 0.05) is 16.3 Å². The molecule has 0 atom stereocenters. The van der Waals surface area contributed by atoms with E-state index in [4.69, 9.17) is 40.6 Å². The minimum absolute atomic E-state index is 0.113. The lowest BCUT2D eigenvalue weighted by atomic mass is 10.2. The Labute approximate surface area is 175 Å². The van der Waals surface area contributed by atoms with Crippen molar-refractivity contribution in [3.8, 4) is 11.4 Å². The van der Waals surface area contributed by atoms with Crippen LogP contribution in [-0.2, 0) is 4.79 Å². The summed E-state index contributed by atoms with van der Waals surface area (Å²) >= 11 is 19.2. The van der Waals surface area contributed by atoms with E-state index in [0.29, 0.717) is 37.3 Å². The van der Waals surface area contributed by atoms with Gasteiger partial charge in [-0.15, -0.1) is 10.2 Å². The quantitative estimate of drug-likeness (QED) is 0.443. The smallest absolute Gasteiger partial charge is 0.234 e. The fourth-order valence-electron chi connectivity index (χ4n) is 2.21. The molecule has 1 aromatic heterocycles. The molecule has 0 fully saturated rings. The Morgan fingerprint density at radius 1 is 1.11 bits per heavy atom. The van der Waals surface area contributed by atoms with Crippen LogP contribution in [0.5, 0.6) is 0 Å². The number of nitrogens with two attached hydrogens (primary N) is 1. The molecule has 3 N–H and O–H groups in total. The molecule has 0 aliphatic rings. The van der Waals surface area contributed by atoms with Crippen LogP contribution in [0.1, 0.15) is 5.56 Å². The molecule has 0 spiro atoms. The van der Waals surface area contributed by atoms with Crippen molar-refractivity contribution < 1.29 is 4.79 Å². The van der Waals surface area contributed by atoms with Gasteiger partial charge in [-0.25, -0.2) is 4.68 Å². The predicted octanol–water partition coefficient (Wildman–Crippen LogP) is 4.66. The number of halogens is 3. The molecule has 0 aliphatic carbocycles. The number of nitrogen functional groups attached to an aromatic ring is 1. The van der Waals surface area contributed by atoms with E-state index in [1.165, 1.54) is 4.68 Å². The van der Waals surface area contributed by atoms with Crippen LogP contribution >= 0.6 is 46.6 Å². The summed E-state index contributed by atoms with van der Waals surface area (Å²) in [4.78, 5) is 12.1. The van der Waals surface area contributed by atoms with Crippen LogP contribution in [0.3, 0.4) is 0 Å². The average Bonchev–Trinajstić information content (AvgIpc) is 2.99. The van der Waals surface area contributed by atoms with Crippen molar-refractivity contribution in [1.29, 1.82) is 0 Å². The number of aromatic nitrogens is 3. The Hall–Kier alpha value is -1.93. The number of anilines is 1. The molecule has 0 aliphatic heterocycles. The van der Waals surface area contributed by atoms with Crippen LogP contribution in [0.25, 0.3) is 11.4 Å². The lowest BCUT2D eigenvalue weighted by Gasteiger charge is -2.07. The first-order chi connectivity index (χ1) is 12.8. The van der Waals surface area contributed by atoms with E-state index < -0.39 is 0 Å². The van der Waals surface area contributed by atoms with Gasteiger partial charge in [-0.1, -0.05) is 52.6 Å². The Balaban J connectivity index is 1.66. The highest BCUT2D eigenvalue weighted by Crippen LogP contribution is 2.28. The molecule has 1 heterocycles. The van der Waals surface area contributed by atoms with Crippen molar-refractivity contribution in [3.63, 3.8) is 0 Å².